The molecule has 2 fully saturated rings. The van der Waals surface area contributed by atoms with Gasteiger partial charge in [0.1, 0.15) is 6.10 Å². The van der Waals surface area contributed by atoms with Crippen molar-refractivity contribution in [3.05, 3.63) is 46.7 Å². The molecule has 28 heavy (non-hydrogen) atoms. The average molecular weight is 412 g/mol. The Hall–Kier alpha value is -1.70. The Labute approximate surface area is 167 Å². The molecule has 0 amide bonds. The molecule has 1 aliphatic carbocycles. The number of hydrogen-bond donors (Lipinski definition) is 1. The summed E-state index contributed by atoms with van der Waals surface area (Å²) in [7, 11) is 0. The predicted octanol–water partition coefficient (Wildman–Crippen LogP) is 3.27. The van der Waals surface area contributed by atoms with Crippen LogP contribution in [-0.4, -0.2) is 51.6 Å². The van der Waals surface area contributed by atoms with Gasteiger partial charge in [0.2, 0.25) is 0 Å². The highest BCUT2D eigenvalue weighted by atomic mass is 35.5. The summed E-state index contributed by atoms with van der Waals surface area (Å²) in [4.78, 5) is 2.34. The van der Waals surface area contributed by atoms with E-state index in [0.29, 0.717) is 35.3 Å². The van der Waals surface area contributed by atoms with Crippen molar-refractivity contribution in [2.45, 2.75) is 38.5 Å². The van der Waals surface area contributed by atoms with E-state index >= 15 is 0 Å². The van der Waals surface area contributed by atoms with Crippen LogP contribution in [0.2, 0.25) is 5.02 Å². The second-order valence-electron chi connectivity index (χ2n) is 7.90. The molecular formula is C20H24ClF2N3O2. The summed E-state index contributed by atoms with van der Waals surface area (Å²) in [6, 6.07) is 2.58. The SMILES string of the molecule is Cc1ccc(F)c(O[C@@H]2C[C@@H]3CN(CCn4cc(Cl)cn4)C[C@@H]3C[C@H]2O)c1F. The van der Waals surface area contributed by atoms with Gasteiger partial charge in [0.25, 0.3) is 0 Å². The van der Waals surface area contributed by atoms with Gasteiger partial charge in [-0.15, -0.1) is 0 Å². The molecule has 1 N–H and O–H groups in total. The second kappa shape index (κ2) is 7.97. The maximum Gasteiger partial charge on any atom is 0.191 e. The van der Waals surface area contributed by atoms with E-state index in [1.54, 1.807) is 19.3 Å². The van der Waals surface area contributed by atoms with Crippen molar-refractivity contribution in [3.63, 3.8) is 0 Å². The molecule has 0 radical (unpaired) electrons. The zero-order valence-corrected chi connectivity index (χ0v) is 16.4. The number of halogens is 3. The third-order valence-corrected chi connectivity index (χ3v) is 6.11. The van der Waals surface area contributed by atoms with Gasteiger partial charge in [-0.25, -0.2) is 8.78 Å². The minimum atomic E-state index is -0.733. The van der Waals surface area contributed by atoms with Gasteiger partial charge in [-0.1, -0.05) is 17.7 Å². The molecule has 2 heterocycles. The fourth-order valence-corrected chi connectivity index (χ4v) is 4.55. The van der Waals surface area contributed by atoms with E-state index in [2.05, 4.69) is 10.00 Å². The lowest BCUT2D eigenvalue weighted by Crippen LogP contribution is -2.42. The highest BCUT2D eigenvalue weighted by Crippen LogP contribution is 2.38. The molecule has 4 atom stereocenters. The lowest BCUT2D eigenvalue weighted by Gasteiger charge is -2.35. The van der Waals surface area contributed by atoms with E-state index in [1.165, 1.54) is 12.1 Å². The van der Waals surface area contributed by atoms with Crippen LogP contribution in [0.15, 0.2) is 24.5 Å². The predicted molar refractivity (Wildman–Crippen MR) is 101 cm³/mol. The van der Waals surface area contributed by atoms with E-state index < -0.39 is 23.8 Å². The Morgan fingerprint density at radius 2 is 1.96 bits per heavy atom. The Morgan fingerprint density at radius 3 is 2.68 bits per heavy atom. The quantitative estimate of drug-likeness (QED) is 0.820. The van der Waals surface area contributed by atoms with Crippen LogP contribution < -0.4 is 4.74 Å². The van der Waals surface area contributed by atoms with E-state index in [0.717, 1.165) is 26.2 Å². The molecule has 8 heteroatoms. The van der Waals surface area contributed by atoms with Crippen molar-refractivity contribution < 1.29 is 18.6 Å². The summed E-state index contributed by atoms with van der Waals surface area (Å²) >= 11 is 5.89. The molecule has 152 valence electrons. The molecule has 1 aromatic heterocycles. The number of ether oxygens (including phenoxy) is 1. The number of aliphatic hydroxyl groups excluding tert-OH is 1. The topological polar surface area (TPSA) is 50.5 Å². The lowest BCUT2D eigenvalue weighted by molar-refractivity contribution is -0.0263. The minimum Gasteiger partial charge on any atom is -0.482 e. The van der Waals surface area contributed by atoms with Crippen LogP contribution >= 0.6 is 11.6 Å². The second-order valence-corrected chi connectivity index (χ2v) is 8.34. The van der Waals surface area contributed by atoms with Crippen LogP contribution in [0.3, 0.4) is 0 Å². The molecule has 0 spiro atoms. The fourth-order valence-electron chi connectivity index (χ4n) is 4.39. The first-order valence-corrected chi connectivity index (χ1v) is 9.98. The van der Waals surface area contributed by atoms with Gasteiger partial charge in [-0.3, -0.25) is 4.68 Å². The summed E-state index contributed by atoms with van der Waals surface area (Å²) in [6.07, 6.45) is 3.25. The number of aliphatic hydroxyl groups is 1. The Balaban J connectivity index is 1.37. The maximum absolute atomic E-state index is 14.3. The van der Waals surface area contributed by atoms with Crippen LogP contribution in [0.4, 0.5) is 8.78 Å². The van der Waals surface area contributed by atoms with Gasteiger partial charge in [0, 0.05) is 25.8 Å². The minimum absolute atomic E-state index is 0.324. The molecule has 1 aromatic carbocycles. The van der Waals surface area contributed by atoms with Crippen LogP contribution in [0.25, 0.3) is 0 Å². The Kier molecular flexibility index (Phi) is 5.58. The van der Waals surface area contributed by atoms with Gasteiger partial charge in [-0.05, 0) is 43.2 Å². The molecule has 2 aromatic rings. The normalized spacial score (nSPS) is 27.8. The van der Waals surface area contributed by atoms with Crippen LogP contribution in [0.1, 0.15) is 18.4 Å². The zero-order chi connectivity index (χ0) is 19.8. The fraction of sp³-hybridized carbons (Fsp3) is 0.550. The van der Waals surface area contributed by atoms with E-state index in [-0.39, 0.29) is 5.75 Å². The maximum atomic E-state index is 14.3. The summed E-state index contributed by atoms with van der Waals surface area (Å²) in [5, 5.41) is 15.3. The molecule has 0 bridgehead atoms. The Bertz CT molecular complexity index is 847. The van der Waals surface area contributed by atoms with Gasteiger partial charge in [0.05, 0.1) is 23.9 Å². The molecular weight excluding hydrogens is 388 g/mol. The number of benzene rings is 1. The van der Waals surface area contributed by atoms with Crippen molar-refractivity contribution in [2.75, 3.05) is 19.6 Å². The van der Waals surface area contributed by atoms with Gasteiger partial charge in [-0.2, -0.15) is 5.10 Å². The highest BCUT2D eigenvalue weighted by molar-refractivity contribution is 6.30. The first kappa shape index (κ1) is 19.6. The zero-order valence-electron chi connectivity index (χ0n) is 15.7. The molecule has 0 unspecified atom stereocenters. The first-order valence-electron chi connectivity index (χ1n) is 9.60. The van der Waals surface area contributed by atoms with E-state index in [4.69, 9.17) is 16.3 Å². The monoisotopic (exact) mass is 411 g/mol. The van der Waals surface area contributed by atoms with Crippen molar-refractivity contribution in [1.29, 1.82) is 0 Å². The number of rotatable bonds is 5. The number of nitrogens with zero attached hydrogens (tertiary/aromatic N) is 3. The largest absolute Gasteiger partial charge is 0.482 e. The van der Waals surface area contributed by atoms with E-state index in [9.17, 15) is 13.9 Å². The van der Waals surface area contributed by atoms with Crippen molar-refractivity contribution >= 4 is 11.6 Å². The first-order chi connectivity index (χ1) is 13.4. The molecule has 1 saturated heterocycles. The number of aryl methyl sites for hydroxylation is 1. The van der Waals surface area contributed by atoms with Crippen molar-refractivity contribution in [1.82, 2.24) is 14.7 Å². The summed E-state index contributed by atoms with van der Waals surface area (Å²) in [5.74, 6) is -1.11. The number of hydrogen-bond acceptors (Lipinski definition) is 4. The van der Waals surface area contributed by atoms with E-state index in [1.807, 2.05) is 4.68 Å². The molecule has 5 nitrogen and oxygen atoms in total. The summed E-state index contributed by atoms with van der Waals surface area (Å²) in [6.45, 7) is 4.93. The van der Waals surface area contributed by atoms with Crippen molar-refractivity contribution in [2.24, 2.45) is 11.8 Å². The smallest absolute Gasteiger partial charge is 0.191 e. The molecule has 1 aliphatic heterocycles. The third-order valence-electron chi connectivity index (χ3n) is 5.92. The van der Waals surface area contributed by atoms with Gasteiger partial charge in [0.15, 0.2) is 17.4 Å². The van der Waals surface area contributed by atoms with Crippen LogP contribution in [0, 0.1) is 30.4 Å². The molecule has 2 aliphatic rings. The standard InChI is InChI=1S/C20H24ClF2N3O2/c1-12-2-3-16(22)20(19(12)23)28-18-7-14-10-25(9-13(14)6-17(18)27)4-5-26-11-15(21)8-24-26/h2-3,8,11,13-14,17-18,27H,4-7,9-10H2,1H3/t13-,14+,17+,18+/m0/s1. The number of likely N-dealkylation sites (tertiary alicyclic amines) is 1. The summed E-state index contributed by atoms with van der Waals surface area (Å²) in [5.41, 5.74) is 0.324. The summed E-state index contributed by atoms with van der Waals surface area (Å²) < 4.78 is 35.8. The molecule has 1 saturated carbocycles. The van der Waals surface area contributed by atoms with Crippen molar-refractivity contribution in [3.8, 4) is 5.75 Å². The molecule has 4 rings (SSSR count). The Morgan fingerprint density at radius 1 is 1.21 bits per heavy atom. The number of aromatic nitrogens is 2. The lowest BCUT2D eigenvalue weighted by atomic mass is 9.78. The van der Waals surface area contributed by atoms with Gasteiger partial charge >= 0.3 is 0 Å². The average Bonchev–Trinajstić information content (AvgIpc) is 3.25. The third kappa shape index (κ3) is 4.02. The van der Waals surface area contributed by atoms with Crippen LogP contribution in [0.5, 0.6) is 5.75 Å². The number of fused-ring (bicyclic) bond motifs is 1. The van der Waals surface area contributed by atoms with Crippen LogP contribution in [-0.2, 0) is 6.54 Å². The van der Waals surface area contributed by atoms with Gasteiger partial charge < -0.3 is 14.7 Å². The highest BCUT2D eigenvalue weighted by Gasteiger charge is 2.43.